The first-order chi connectivity index (χ1) is 10.7. The monoisotopic (exact) mass is 420 g/mol. The predicted octanol–water partition coefficient (Wildman–Crippen LogP) is 4.27. The molecule has 3 rings (SSSR count). The Hall–Kier alpha value is -1.60. The lowest BCUT2D eigenvalue weighted by Gasteiger charge is -2.12. The van der Waals surface area contributed by atoms with Gasteiger partial charge in [-0.05, 0) is 52.9 Å². The molecule has 0 aliphatic heterocycles. The van der Waals surface area contributed by atoms with Gasteiger partial charge in [-0.3, -0.25) is 9.36 Å². The molecule has 1 heterocycles. The molecule has 0 amide bonds. The van der Waals surface area contributed by atoms with Gasteiger partial charge in [-0.25, -0.2) is 4.98 Å². The summed E-state index contributed by atoms with van der Waals surface area (Å²) in [6.07, 6.45) is 1.81. The van der Waals surface area contributed by atoms with E-state index in [1.54, 1.807) is 4.57 Å². The number of nitrogens with zero attached hydrogens (tertiary/aromatic N) is 2. The highest BCUT2D eigenvalue weighted by molar-refractivity contribution is 14.1. The van der Waals surface area contributed by atoms with Crippen molar-refractivity contribution in [2.75, 3.05) is 5.75 Å². The number of halogens is 1. The van der Waals surface area contributed by atoms with Crippen molar-refractivity contribution in [2.24, 2.45) is 0 Å². The first-order valence-corrected chi connectivity index (χ1v) is 8.78. The van der Waals surface area contributed by atoms with Gasteiger partial charge in [0.25, 0.3) is 5.56 Å². The molecule has 0 radical (unpaired) electrons. The summed E-state index contributed by atoms with van der Waals surface area (Å²) >= 11 is 3.71. The Morgan fingerprint density at radius 3 is 2.73 bits per heavy atom. The maximum Gasteiger partial charge on any atom is 0.266 e. The number of fused-ring (bicyclic) bond motifs is 1. The van der Waals surface area contributed by atoms with E-state index in [1.165, 1.54) is 11.8 Å². The Morgan fingerprint density at radius 1 is 1.23 bits per heavy atom. The van der Waals surface area contributed by atoms with Gasteiger partial charge in [0.15, 0.2) is 5.16 Å². The number of para-hydroxylation sites is 1. The summed E-state index contributed by atoms with van der Waals surface area (Å²) in [6.45, 7) is 3.74. The smallest absolute Gasteiger partial charge is 0.266 e. The Bertz CT molecular complexity index is 890. The van der Waals surface area contributed by atoms with Gasteiger partial charge in [0.1, 0.15) is 0 Å². The summed E-state index contributed by atoms with van der Waals surface area (Å²) < 4.78 is 2.70. The average molecular weight is 420 g/mol. The Labute approximate surface area is 146 Å². The minimum atomic E-state index is -0.0405. The number of thioether (sulfide) groups is 1. The van der Waals surface area contributed by atoms with Gasteiger partial charge < -0.3 is 0 Å². The first-order valence-electron chi connectivity index (χ1n) is 6.72. The lowest BCUT2D eigenvalue weighted by molar-refractivity contribution is 0.821. The van der Waals surface area contributed by atoms with E-state index in [9.17, 15) is 4.79 Å². The molecule has 110 valence electrons. The molecule has 0 saturated heterocycles. The Kier molecular flexibility index (Phi) is 4.63. The highest BCUT2D eigenvalue weighted by atomic mass is 127. The molecule has 2 aromatic carbocycles. The van der Waals surface area contributed by atoms with Crippen molar-refractivity contribution in [3.05, 3.63) is 75.1 Å². The molecular formula is C17H13IN2OS. The quantitative estimate of drug-likeness (QED) is 0.274. The van der Waals surface area contributed by atoms with E-state index < -0.39 is 0 Å². The van der Waals surface area contributed by atoms with Gasteiger partial charge in [0, 0.05) is 9.32 Å². The summed E-state index contributed by atoms with van der Waals surface area (Å²) in [7, 11) is 0. The normalized spacial score (nSPS) is 10.8. The van der Waals surface area contributed by atoms with Gasteiger partial charge >= 0.3 is 0 Å². The van der Waals surface area contributed by atoms with Crippen LogP contribution in [0.2, 0.25) is 0 Å². The third-order valence-electron chi connectivity index (χ3n) is 3.14. The number of aromatic nitrogens is 2. The predicted molar refractivity (Wildman–Crippen MR) is 101 cm³/mol. The van der Waals surface area contributed by atoms with Crippen LogP contribution < -0.4 is 5.56 Å². The molecule has 0 N–H and O–H groups in total. The van der Waals surface area contributed by atoms with E-state index >= 15 is 0 Å². The third kappa shape index (κ3) is 2.96. The van der Waals surface area contributed by atoms with Crippen molar-refractivity contribution in [2.45, 2.75) is 5.16 Å². The number of hydrogen-bond donors (Lipinski definition) is 0. The number of rotatable bonds is 4. The lowest BCUT2D eigenvalue weighted by atomic mass is 10.2. The topological polar surface area (TPSA) is 34.9 Å². The van der Waals surface area contributed by atoms with Crippen molar-refractivity contribution in [1.82, 2.24) is 9.55 Å². The van der Waals surface area contributed by atoms with Crippen LogP contribution >= 0.6 is 34.4 Å². The van der Waals surface area contributed by atoms with Crippen molar-refractivity contribution >= 4 is 45.3 Å². The lowest BCUT2D eigenvalue weighted by Crippen LogP contribution is -2.21. The molecule has 0 atom stereocenters. The van der Waals surface area contributed by atoms with Gasteiger partial charge in [0.05, 0.1) is 16.6 Å². The van der Waals surface area contributed by atoms with Crippen molar-refractivity contribution in [1.29, 1.82) is 0 Å². The van der Waals surface area contributed by atoms with Gasteiger partial charge in [-0.15, -0.1) is 6.58 Å². The summed E-state index contributed by atoms with van der Waals surface area (Å²) in [5, 5.41) is 1.32. The minimum absolute atomic E-state index is 0.0405. The zero-order valence-electron chi connectivity index (χ0n) is 11.7. The second-order valence-corrected chi connectivity index (χ2v) is 6.86. The van der Waals surface area contributed by atoms with E-state index in [4.69, 9.17) is 0 Å². The molecule has 0 aliphatic rings. The van der Waals surface area contributed by atoms with Crippen LogP contribution in [0.15, 0.2) is 71.1 Å². The van der Waals surface area contributed by atoms with Crippen LogP contribution in [0, 0.1) is 3.57 Å². The van der Waals surface area contributed by atoms with E-state index in [0.29, 0.717) is 16.3 Å². The minimum Gasteiger partial charge on any atom is -0.268 e. The molecule has 0 saturated carbocycles. The molecule has 5 heteroatoms. The highest BCUT2D eigenvalue weighted by Gasteiger charge is 2.13. The molecule has 3 nitrogen and oxygen atoms in total. The summed E-state index contributed by atoms with van der Waals surface area (Å²) in [4.78, 5) is 17.6. The van der Waals surface area contributed by atoms with Crippen LogP contribution in [0.1, 0.15) is 0 Å². The molecule has 0 bridgehead atoms. The fourth-order valence-electron chi connectivity index (χ4n) is 2.17. The maximum atomic E-state index is 12.9. The largest absolute Gasteiger partial charge is 0.268 e. The number of hydrogen-bond acceptors (Lipinski definition) is 3. The van der Waals surface area contributed by atoms with Crippen LogP contribution in [-0.2, 0) is 0 Å². The van der Waals surface area contributed by atoms with Gasteiger partial charge in [0.2, 0.25) is 0 Å². The van der Waals surface area contributed by atoms with Crippen LogP contribution in [-0.4, -0.2) is 15.3 Å². The van der Waals surface area contributed by atoms with Gasteiger partial charge in [-0.1, -0.05) is 36.0 Å². The second-order valence-electron chi connectivity index (χ2n) is 4.63. The van der Waals surface area contributed by atoms with Crippen LogP contribution in [0.5, 0.6) is 0 Å². The van der Waals surface area contributed by atoms with Crippen LogP contribution in [0.3, 0.4) is 0 Å². The fourth-order valence-corrected chi connectivity index (χ4v) is 3.41. The zero-order valence-corrected chi connectivity index (χ0v) is 14.7. The average Bonchev–Trinajstić information content (AvgIpc) is 2.54. The molecule has 1 aromatic heterocycles. The van der Waals surface area contributed by atoms with E-state index in [-0.39, 0.29) is 5.56 Å². The SMILES string of the molecule is C=CCSc1nc2ccc(I)cc2c(=O)n1-c1ccccc1. The van der Waals surface area contributed by atoms with E-state index in [2.05, 4.69) is 34.2 Å². The third-order valence-corrected chi connectivity index (χ3v) is 4.75. The summed E-state index contributed by atoms with van der Waals surface area (Å²) in [6, 6.07) is 15.3. The molecule has 0 spiro atoms. The first kappa shape index (κ1) is 15.3. The summed E-state index contributed by atoms with van der Waals surface area (Å²) in [5.74, 6) is 0.704. The fraction of sp³-hybridized carbons (Fsp3) is 0.0588. The van der Waals surface area contributed by atoms with Crippen LogP contribution in [0.4, 0.5) is 0 Å². The molecule has 0 unspecified atom stereocenters. The molecule has 0 aliphatic carbocycles. The molecular weight excluding hydrogens is 407 g/mol. The molecule has 22 heavy (non-hydrogen) atoms. The van der Waals surface area contributed by atoms with E-state index in [0.717, 1.165) is 14.8 Å². The standard InChI is InChI=1S/C17H13IN2OS/c1-2-10-22-17-19-15-9-8-12(18)11-14(15)16(21)20(17)13-6-4-3-5-7-13/h2-9,11H,1,10H2. The number of benzene rings is 2. The van der Waals surface area contributed by atoms with Crippen molar-refractivity contribution < 1.29 is 0 Å². The zero-order chi connectivity index (χ0) is 15.5. The van der Waals surface area contributed by atoms with Gasteiger partial charge in [-0.2, -0.15) is 0 Å². The van der Waals surface area contributed by atoms with Crippen molar-refractivity contribution in [3.8, 4) is 5.69 Å². The molecule has 0 fully saturated rings. The van der Waals surface area contributed by atoms with Crippen LogP contribution in [0.25, 0.3) is 16.6 Å². The molecule has 3 aromatic rings. The summed E-state index contributed by atoms with van der Waals surface area (Å²) in [5.41, 5.74) is 1.51. The van der Waals surface area contributed by atoms with Crippen molar-refractivity contribution in [3.63, 3.8) is 0 Å². The Morgan fingerprint density at radius 2 is 2.00 bits per heavy atom. The second kappa shape index (κ2) is 6.66. The van der Waals surface area contributed by atoms with E-state index in [1.807, 2.05) is 54.6 Å². The Balaban J connectivity index is 2.33. The maximum absolute atomic E-state index is 12.9. The highest BCUT2D eigenvalue weighted by Crippen LogP contribution is 2.22.